The van der Waals surface area contributed by atoms with E-state index in [0.29, 0.717) is 11.4 Å². The number of carbonyl (C=O) groups excluding carboxylic acids is 1. The molecule has 5 nitrogen and oxygen atoms in total. The molecule has 0 fully saturated rings. The number of anilines is 3. The maximum absolute atomic E-state index is 13.5. The highest BCUT2D eigenvalue weighted by atomic mass is 19.1. The molecule has 6 heteroatoms. The number of methoxy groups -OCH3 is 1. The molecule has 1 amide bonds. The van der Waals surface area contributed by atoms with Gasteiger partial charge in [-0.3, -0.25) is 4.79 Å². The van der Waals surface area contributed by atoms with Crippen LogP contribution in [0.1, 0.15) is 10.4 Å². The second kappa shape index (κ2) is 5.48. The molecular weight excluding hydrogens is 261 g/mol. The lowest BCUT2D eigenvalue weighted by Gasteiger charge is -2.09. The molecular formula is C14H14FN3O2. The third-order valence-corrected chi connectivity index (χ3v) is 2.73. The molecule has 0 aliphatic rings. The van der Waals surface area contributed by atoms with Crippen LogP contribution in [0.3, 0.4) is 0 Å². The summed E-state index contributed by atoms with van der Waals surface area (Å²) >= 11 is 0. The number of carbonyl (C=O) groups is 1. The molecule has 0 unspecified atom stereocenters. The molecule has 2 aromatic rings. The van der Waals surface area contributed by atoms with E-state index in [0.717, 1.165) is 0 Å². The highest BCUT2D eigenvalue weighted by molar-refractivity contribution is 6.08. The summed E-state index contributed by atoms with van der Waals surface area (Å²) in [7, 11) is 1.37. The summed E-state index contributed by atoms with van der Waals surface area (Å²) in [6.07, 6.45) is 0. The second-order valence-corrected chi connectivity index (χ2v) is 4.15. The molecule has 0 atom stereocenters. The number of hydrogen-bond acceptors (Lipinski definition) is 4. The summed E-state index contributed by atoms with van der Waals surface area (Å²) in [6, 6.07) is 8.71. The van der Waals surface area contributed by atoms with E-state index in [1.165, 1.54) is 37.4 Å². The lowest BCUT2D eigenvalue weighted by atomic mass is 10.1. The van der Waals surface area contributed by atoms with Crippen LogP contribution >= 0.6 is 0 Å². The summed E-state index contributed by atoms with van der Waals surface area (Å²) in [5, 5.41) is 2.56. The van der Waals surface area contributed by atoms with Crippen molar-refractivity contribution in [1.29, 1.82) is 0 Å². The topological polar surface area (TPSA) is 90.4 Å². The van der Waals surface area contributed by atoms with Gasteiger partial charge in [-0.05, 0) is 30.3 Å². The average Bonchev–Trinajstić information content (AvgIpc) is 2.38. The smallest absolute Gasteiger partial charge is 0.257 e. The second-order valence-electron chi connectivity index (χ2n) is 4.15. The van der Waals surface area contributed by atoms with Gasteiger partial charge in [-0.15, -0.1) is 0 Å². The van der Waals surface area contributed by atoms with Crippen molar-refractivity contribution in [3.8, 4) is 5.75 Å². The third-order valence-electron chi connectivity index (χ3n) is 2.73. The number of ether oxygens (including phenoxy) is 1. The van der Waals surface area contributed by atoms with Gasteiger partial charge in [0.05, 0.1) is 12.7 Å². The minimum atomic E-state index is -0.560. The zero-order chi connectivity index (χ0) is 14.7. The Kier molecular flexibility index (Phi) is 3.74. The number of rotatable bonds is 3. The van der Waals surface area contributed by atoms with E-state index in [1.54, 1.807) is 6.07 Å². The molecule has 0 heterocycles. The molecule has 0 aliphatic heterocycles. The molecule has 2 aromatic carbocycles. The number of benzene rings is 2. The SMILES string of the molecule is COc1ccc(NC(=O)c2ccc(N)cc2N)cc1F. The van der Waals surface area contributed by atoms with Crippen molar-refractivity contribution in [1.82, 2.24) is 0 Å². The summed E-state index contributed by atoms with van der Waals surface area (Å²) in [4.78, 5) is 12.0. The first-order valence-corrected chi connectivity index (χ1v) is 5.81. The zero-order valence-electron chi connectivity index (χ0n) is 10.8. The maximum atomic E-state index is 13.5. The Labute approximate surface area is 115 Å². The predicted molar refractivity (Wildman–Crippen MR) is 76.2 cm³/mol. The minimum Gasteiger partial charge on any atom is -0.494 e. The molecule has 20 heavy (non-hydrogen) atoms. The van der Waals surface area contributed by atoms with Crippen molar-refractivity contribution in [3.05, 3.63) is 47.8 Å². The quantitative estimate of drug-likeness (QED) is 0.749. The van der Waals surface area contributed by atoms with Gasteiger partial charge in [0.1, 0.15) is 0 Å². The monoisotopic (exact) mass is 275 g/mol. The van der Waals surface area contributed by atoms with Gasteiger partial charge in [0.15, 0.2) is 11.6 Å². The third kappa shape index (κ3) is 2.80. The van der Waals surface area contributed by atoms with E-state index in [-0.39, 0.29) is 17.0 Å². The van der Waals surface area contributed by atoms with Crippen LogP contribution in [0.15, 0.2) is 36.4 Å². The fraction of sp³-hybridized carbons (Fsp3) is 0.0714. The normalized spacial score (nSPS) is 10.1. The summed E-state index contributed by atoms with van der Waals surface area (Å²) < 4.78 is 18.3. The van der Waals surface area contributed by atoms with Crippen molar-refractivity contribution in [2.45, 2.75) is 0 Å². The molecule has 0 aromatic heterocycles. The van der Waals surface area contributed by atoms with E-state index >= 15 is 0 Å². The van der Waals surface area contributed by atoms with Crippen LogP contribution in [0.25, 0.3) is 0 Å². The predicted octanol–water partition coefficient (Wildman–Crippen LogP) is 2.25. The molecule has 0 spiro atoms. The van der Waals surface area contributed by atoms with Crippen LogP contribution in [0.2, 0.25) is 0 Å². The van der Waals surface area contributed by atoms with Gasteiger partial charge in [0.2, 0.25) is 0 Å². The largest absolute Gasteiger partial charge is 0.494 e. The van der Waals surface area contributed by atoms with Gasteiger partial charge in [-0.2, -0.15) is 0 Å². The van der Waals surface area contributed by atoms with Gasteiger partial charge >= 0.3 is 0 Å². The Bertz CT molecular complexity index is 659. The molecule has 0 bridgehead atoms. The fourth-order valence-electron chi connectivity index (χ4n) is 1.73. The first kappa shape index (κ1) is 13.7. The number of halogens is 1. The molecule has 104 valence electrons. The number of nitrogen functional groups attached to an aromatic ring is 2. The minimum absolute atomic E-state index is 0.106. The van der Waals surface area contributed by atoms with Crippen LogP contribution < -0.4 is 21.5 Å². The van der Waals surface area contributed by atoms with Gasteiger partial charge in [0, 0.05) is 23.1 Å². The van der Waals surface area contributed by atoms with Gasteiger partial charge in [-0.1, -0.05) is 0 Å². The maximum Gasteiger partial charge on any atom is 0.257 e. The van der Waals surface area contributed by atoms with Crippen molar-refractivity contribution in [2.24, 2.45) is 0 Å². The zero-order valence-corrected chi connectivity index (χ0v) is 10.8. The van der Waals surface area contributed by atoms with E-state index in [4.69, 9.17) is 16.2 Å². The van der Waals surface area contributed by atoms with Crippen LogP contribution in [-0.2, 0) is 0 Å². The Balaban J connectivity index is 2.21. The lowest BCUT2D eigenvalue weighted by molar-refractivity contribution is 0.102. The van der Waals surface area contributed by atoms with Gasteiger partial charge in [-0.25, -0.2) is 4.39 Å². The highest BCUT2D eigenvalue weighted by Gasteiger charge is 2.11. The first-order chi connectivity index (χ1) is 9.51. The van der Waals surface area contributed by atoms with Crippen molar-refractivity contribution < 1.29 is 13.9 Å². The summed E-state index contributed by atoms with van der Waals surface area (Å²) in [5.74, 6) is -0.891. The first-order valence-electron chi connectivity index (χ1n) is 5.81. The molecule has 0 aliphatic carbocycles. The van der Waals surface area contributed by atoms with Crippen molar-refractivity contribution in [2.75, 3.05) is 23.9 Å². The van der Waals surface area contributed by atoms with Crippen LogP contribution in [0.5, 0.6) is 5.75 Å². The van der Waals surface area contributed by atoms with Crippen LogP contribution in [0.4, 0.5) is 21.5 Å². The Hall–Kier alpha value is -2.76. The summed E-state index contributed by atoms with van der Waals surface area (Å²) in [6.45, 7) is 0. The number of hydrogen-bond donors (Lipinski definition) is 3. The van der Waals surface area contributed by atoms with Crippen LogP contribution in [-0.4, -0.2) is 13.0 Å². The van der Waals surface area contributed by atoms with E-state index in [2.05, 4.69) is 5.32 Å². The fourth-order valence-corrected chi connectivity index (χ4v) is 1.73. The van der Waals surface area contributed by atoms with Crippen molar-refractivity contribution in [3.63, 3.8) is 0 Å². The van der Waals surface area contributed by atoms with E-state index in [1.807, 2.05) is 0 Å². The molecule has 2 rings (SSSR count). The number of nitrogens with two attached hydrogens (primary N) is 2. The Morgan fingerprint density at radius 1 is 1.20 bits per heavy atom. The summed E-state index contributed by atoms with van der Waals surface area (Å²) in [5.41, 5.74) is 12.6. The Morgan fingerprint density at radius 2 is 1.95 bits per heavy atom. The standard InChI is InChI=1S/C14H14FN3O2/c1-20-13-5-3-9(7-11(13)15)18-14(19)10-4-2-8(16)6-12(10)17/h2-7H,16-17H2,1H3,(H,18,19). The highest BCUT2D eigenvalue weighted by Crippen LogP contribution is 2.22. The molecule has 0 saturated heterocycles. The van der Waals surface area contributed by atoms with Gasteiger partial charge < -0.3 is 21.5 Å². The van der Waals surface area contributed by atoms with Crippen molar-refractivity contribution >= 4 is 23.0 Å². The Morgan fingerprint density at radius 3 is 2.55 bits per heavy atom. The lowest BCUT2D eigenvalue weighted by Crippen LogP contribution is -2.14. The average molecular weight is 275 g/mol. The molecule has 0 saturated carbocycles. The van der Waals surface area contributed by atoms with E-state index in [9.17, 15) is 9.18 Å². The number of amides is 1. The molecule has 5 N–H and O–H groups in total. The van der Waals surface area contributed by atoms with Crippen LogP contribution in [0, 0.1) is 5.82 Å². The van der Waals surface area contributed by atoms with Gasteiger partial charge in [0.25, 0.3) is 5.91 Å². The molecule has 0 radical (unpaired) electrons. The van der Waals surface area contributed by atoms with E-state index < -0.39 is 11.7 Å². The number of nitrogens with one attached hydrogen (secondary N) is 1.